The Morgan fingerprint density at radius 1 is 1.46 bits per heavy atom. The van der Waals surface area contributed by atoms with E-state index in [2.05, 4.69) is 0 Å². The number of rotatable bonds is 0. The van der Waals surface area contributed by atoms with Crippen molar-refractivity contribution in [1.29, 1.82) is 0 Å². The molecule has 13 heavy (non-hydrogen) atoms. The van der Waals surface area contributed by atoms with Gasteiger partial charge in [-0.1, -0.05) is 0 Å². The van der Waals surface area contributed by atoms with Gasteiger partial charge in [-0.25, -0.2) is 4.79 Å². The fraction of sp³-hybridized carbons (Fsp3) is 0.778. The monoisotopic (exact) mass is 183 g/mol. The van der Waals surface area contributed by atoms with Crippen LogP contribution in [0.25, 0.3) is 0 Å². The lowest BCUT2D eigenvalue weighted by Crippen LogP contribution is -2.45. The van der Waals surface area contributed by atoms with Crippen molar-refractivity contribution in [2.45, 2.75) is 31.7 Å². The number of Topliss-reactive ketones (excluding diaryl/α,β-unsaturated/α-hetero) is 1. The second-order valence-corrected chi connectivity index (χ2v) is 3.89. The first-order chi connectivity index (χ1) is 6.18. The summed E-state index contributed by atoms with van der Waals surface area (Å²) >= 11 is 0. The minimum absolute atomic E-state index is 0.0150. The Hall–Kier alpha value is -1.06. The van der Waals surface area contributed by atoms with E-state index < -0.39 is 6.09 Å². The Bertz CT molecular complexity index is 251. The molecule has 1 aliphatic carbocycles. The van der Waals surface area contributed by atoms with Gasteiger partial charge in [-0.2, -0.15) is 0 Å². The van der Waals surface area contributed by atoms with Gasteiger partial charge in [-0.05, 0) is 18.8 Å². The van der Waals surface area contributed by atoms with Gasteiger partial charge >= 0.3 is 6.09 Å². The number of hydrogen-bond donors (Lipinski definition) is 1. The average Bonchev–Trinajstić information content (AvgIpc) is 2.43. The van der Waals surface area contributed by atoms with E-state index >= 15 is 0 Å². The molecule has 2 rings (SSSR count). The van der Waals surface area contributed by atoms with Gasteiger partial charge in [0.15, 0.2) is 0 Å². The number of nitrogens with zero attached hydrogens (tertiary/aromatic N) is 1. The topological polar surface area (TPSA) is 57.6 Å². The van der Waals surface area contributed by atoms with Gasteiger partial charge in [-0.15, -0.1) is 0 Å². The van der Waals surface area contributed by atoms with Gasteiger partial charge in [0.05, 0.1) is 0 Å². The lowest BCUT2D eigenvalue weighted by atomic mass is 9.92. The number of carboxylic acid groups (broad SMARTS) is 1. The van der Waals surface area contributed by atoms with E-state index in [1.807, 2.05) is 0 Å². The minimum Gasteiger partial charge on any atom is -0.465 e. The van der Waals surface area contributed by atoms with Gasteiger partial charge < -0.3 is 10.0 Å². The molecule has 0 bridgehead atoms. The Morgan fingerprint density at radius 3 is 2.92 bits per heavy atom. The van der Waals surface area contributed by atoms with Crippen LogP contribution >= 0.6 is 0 Å². The molecule has 2 aliphatic rings. The van der Waals surface area contributed by atoms with Crippen molar-refractivity contribution >= 4 is 11.9 Å². The molecule has 4 heteroatoms. The number of carbonyl (C=O) groups is 2. The van der Waals surface area contributed by atoms with Crippen LogP contribution in [0.4, 0.5) is 4.79 Å². The predicted octanol–water partition coefficient (Wildman–Crippen LogP) is 1.11. The van der Waals surface area contributed by atoms with E-state index in [4.69, 9.17) is 5.11 Å². The largest absolute Gasteiger partial charge is 0.465 e. The first-order valence-corrected chi connectivity index (χ1v) is 4.70. The lowest BCUT2D eigenvalue weighted by Gasteiger charge is -2.34. The molecular weight excluding hydrogens is 170 g/mol. The summed E-state index contributed by atoms with van der Waals surface area (Å²) in [5.41, 5.74) is 0. The van der Waals surface area contributed by atoms with E-state index in [1.165, 1.54) is 4.90 Å². The summed E-state index contributed by atoms with van der Waals surface area (Å²) in [6.45, 7) is 0.601. The van der Waals surface area contributed by atoms with Crippen molar-refractivity contribution in [3.8, 4) is 0 Å². The third kappa shape index (κ3) is 1.41. The molecule has 4 nitrogen and oxygen atoms in total. The molecule has 0 unspecified atom stereocenters. The highest BCUT2D eigenvalue weighted by atomic mass is 16.4. The van der Waals surface area contributed by atoms with Crippen LogP contribution in [-0.4, -0.2) is 34.5 Å². The highest BCUT2D eigenvalue weighted by molar-refractivity contribution is 5.83. The molecule has 0 radical (unpaired) electrons. The molecule has 1 heterocycles. The third-order valence-corrected chi connectivity index (χ3v) is 3.09. The Balaban J connectivity index is 2.14. The summed E-state index contributed by atoms with van der Waals surface area (Å²) in [7, 11) is 0. The predicted molar refractivity (Wildman–Crippen MR) is 45.5 cm³/mol. The number of piperidine rings is 1. The van der Waals surface area contributed by atoms with E-state index in [-0.39, 0.29) is 11.8 Å². The van der Waals surface area contributed by atoms with Crippen molar-refractivity contribution in [1.82, 2.24) is 4.90 Å². The summed E-state index contributed by atoms with van der Waals surface area (Å²) in [6, 6.07) is -0.0150. The van der Waals surface area contributed by atoms with Crippen LogP contribution in [0, 0.1) is 5.92 Å². The number of fused-ring (bicyclic) bond motifs is 1. The summed E-state index contributed by atoms with van der Waals surface area (Å²) in [6.07, 6.45) is 2.08. The first kappa shape index (κ1) is 8.53. The molecule has 1 aliphatic heterocycles. The normalized spacial score (nSPS) is 33.2. The molecule has 2 fully saturated rings. The molecule has 1 N–H and O–H groups in total. The SMILES string of the molecule is O=C1C[C@@H]2CCCN(C(=O)O)[C@@H]2C1. The van der Waals surface area contributed by atoms with Gasteiger partial charge in [0.1, 0.15) is 5.78 Å². The maximum atomic E-state index is 11.2. The third-order valence-electron chi connectivity index (χ3n) is 3.09. The molecule has 1 amide bonds. The maximum Gasteiger partial charge on any atom is 0.407 e. The summed E-state index contributed by atoms with van der Waals surface area (Å²) < 4.78 is 0. The van der Waals surface area contributed by atoms with Crippen molar-refractivity contribution in [2.75, 3.05) is 6.54 Å². The maximum absolute atomic E-state index is 11.2. The molecule has 0 aromatic carbocycles. The van der Waals surface area contributed by atoms with Crippen molar-refractivity contribution < 1.29 is 14.7 Å². The van der Waals surface area contributed by atoms with E-state index in [9.17, 15) is 9.59 Å². The first-order valence-electron chi connectivity index (χ1n) is 4.70. The Morgan fingerprint density at radius 2 is 2.23 bits per heavy atom. The minimum atomic E-state index is -0.871. The van der Waals surface area contributed by atoms with Crippen molar-refractivity contribution in [2.24, 2.45) is 5.92 Å². The second kappa shape index (κ2) is 3.01. The molecule has 72 valence electrons. The molecule has 1 saturated carbocycles. The van der Waals surface area contributed by atoms with Gasteiger partial charge in [0, 0.05) is 25.4 Å². The summed E-state index contributed by atoms with van der Waals surface area (Å²) in [5.74, 6) is 0.528. The van der Waals surface area contributed by atoms with Crippen LogP contribution in [-0.2, 0) is 4.79 Å². The number of carbonyl (C=O) groups excluding carboxylic acids is 1. The molecule has 2 atom stereocenters. The zero-order valence-electron chi connectivity index (χ0n) is 7.40. The zero-order chi connectivity index (χ0) is 9.42. The standard InChI is InChI=1S/C9H13NO3/c11-7-4-6-2-1-3-10(9(12)13)8(6)5-7/h6,8H,1-5H2,(H,12,13)/t6-,8+/m0/s1. The fourth-order valence-corrected chi connectivity index (χ4v) is 2.50. The second-order valence-electron chi connectivity index (χ2n) is 3.89. The quantitative estimate of drug-likeness (QED) is 0.612. The van der Waals surface area contributed by atoms with Gasteiger partial charge in [0.25, 0.3) is 0 Å². The van der Waals surface area contributed by atoms with Crippen LogP contribution in [0.15, 0.2) is 0 Å². The molecule has 1 saturated heterocycles. The smallest absolute Gasteiger partial charge is 0.407 e. The van der Waals surface area contributed by atoms with E-state index in [0.29, 0.717) is 25.3 Å². The van der Waals surface area contributed by atoms with Gasteiger partial charge in [-0.3, -0.25) is 4.79 Å². The molecule has 0 aromatic heterocycles. The van der Waals surface area contributed by atoms with Crippen LogP contribution in [0.5, 0.6) is 0 Å². The van der Waals surface area contributed by atoms with Gasteiger partial charge in [0.2, 0.25) is 0 Å². The summed E-state index contributed by atoms with van der Waals surface area (Å²) in [4.78, 5) is 23.4. The number of amides is 1. The highest BCUT2D eigenvalue weighted by Crippen LogP contribution is 2.34. The fourth-order valence-electron chi connectivity index (χ4n) is 2.50. The van der Waals surface area contributed by atoms with Crippen LogP contribution in [0.3, 0.4) is 0 Å². The van der Waals surface area contributed by atoms with Crippen LogP contribution < -0.4 is 0 Å². The number of ketones is 1. The average molecular weight is 183 g/mol. The van der Waals surface area contributed by atoms with Crippen LogP contribution in [0.1, 0.15) is 25.7 Å². The molecule has 0 spiro atoms. The van der Waals surface area contributed by atoms with Crippen molar-refractivity contribution in [3.63, 3.8) is 0 Å². The van der Waals surface area contributed by atoms with Crippen LogP contribution in [0.2, 0.25) is 0 Å². The zero-order valence-corrected chi connectivity index (χ0v) is 7.40. The van der Waals surface area contributed by atoms with E-state index in [0.717, 1.165) is 12.8 Å². The van der Waals surface area contributed by atoms with Crippen molar-refractivity contribution in [3.05, 3.63) is 0 Å². The lowest BCUT2D eigenvalue weighted by molar-refractivity contribution is -0.117. The number of likely N-dealkylation sites (tertiary alicyclic amines) is 1. The highest BCUT2D eigenvalue weighted by Gasteiger charge is 2.41. The summed E-state index contributed by atoms with van der Waals surface area (Å²) in [5, 5.41) is 8.89. The molecule has 0 aromatic rings. The number of hydrogen-bond acceptors (Lipinski definition) is 2. The molecular formula is C9H13NO3. The Kier molecular flexibility index (Phi) is 1.98. The van der Waals surface area contributed by atoms with E-state index in [1.54, 1.807) is 0 Å². The Labute approximate surface area is 76.5 Å².